The van der Waals surface area contributed by atoms with E-state index in [1.807, 2.05) is 12.1 Å². The highest BCUT2D eigenvalue weighted by molar-refractivity contribution is 8.00. The van der Waals surface area contributed by atoms with Crippen molar-refractivity contribution in [3.05, 3.63) is 101 Å². The number of thioether (sulfide) groups is 1. The van der Waals surface area contributed by atoms with Gasteiger partial charge in [-0.25, -0.2) is 4.39 Å². The zero-order valence-corrected chi connectivity index (χ0v) is 18.8. The van der Waals surface area contributed by atoms with E-state index in [4.69, 9.17) is 10.00 Å². The van der Waals surface area contributed by atoms with Gasteiger partial charge in [0, 0.05) is 5.75 Å². The molecule has 0 fully saturated rings. The van der Waals surface area contributed by atoms with Gasteiger partial charge in [-0.2, -0.15) is 5.26 Å². The van der Waals surface area contributed by atoms with Crippen LogP contribution in [0.2, 0.25) is 0 Å². The number of halogens is 1. The van der Waals surface area contributed by atoms with Crippen LogP contribution in [-0.4, -0.2) is 16.1 Å². The van der Waals surface area contributed by atoms with E-state index in [9.17, 15) is 9.18 Å². The van der Waals surface area contributed by atoms with Crippen molar-refractivity contribution in [3.63, 3.8) is 0 Å². The van der Waals surface area contributed by atoms with Crippen LogP contribution in [0.15, 0.2) is 77.1 Å². The van der Waals surface area contributed by atoms with E-state index in [0.717, 1.165) is 15.5 Å². The molecule has 3 aromatic carbocycles. The van der Waals surface area contributed by atoms with Crippen LogP contribution in [0.3, 0.4) is 0 Å². The highest BCUT2D eigenvalue weighted by atomic mass is 32.2. The Labute approximate surface area is 198 Å². The van der Waals surface area contributed by atoms with Crippen molar-refractivity contribution in [2.24, 2.45) is 0 Å². The van der Waals surface area contributed by atoms with Gasteiger partial charge < -0.3 is 4.74 Å². The summed E-state index contributed by atoms with van der Waals surface area (Å²) in [6.07, 6.45) is 0. The molecular formula is C24H17FN4O2S2. The third-order valence-corrected chi connectivity index (χ3v) is 6.55. The molecular weight excluding hydrogens is 459 g/mol. The number of carbonyl (C=O) groups is 1. The van der Waals surface area contributed by atoms with Gasteiger partial charge in [0.15, 0.2) is 4.34 Å². The molecule has 9 heteroatoms. The first kappa shape index (κ1) is 22.5. The summed E-state index contributed by atoms with van der Waals surface area (Å²) in [5.74, 6) is 0.419. The minimum absolute atomic E-state index is 0.208. The third kappa shape index (κ3) is 6.16. The number of hydrogen-bond acceptors (Lipinski definition) is 7. The van der Waals surface area contributed by atoms with Crippen LogP contribution in [0.4, 0.5) is 9.52 Å². The van der Waals surface area contributed by atoms with E-state index in [2.05, 4.69) is 21.6 Å². The van der Waals surface area contributed by atoms with Crippen LogP contribution in [-0.2, 0) is 12.4 Å². The molecule has 6 nitrogen and oxygen atoms in total. The Morgan fingerprint density at radius 1 is 1.03 bits per heavy atom. The number of amides is 1. The SMILES string of the molecule is N#Cc1ccc(CSc2nnc(NC(=O)c3ccccc3OCc3ccc(F)cc3)s2)cc1. The van der Waals surface area contributed by atoms with Crippen molar-refractivity contribution in [1.29, 1.82) is 5.26 Å². The molecule has 0 bridgehead atoms. The minimum Gasteiger partial charge on any atom is -0.488 e. The van der Waals surface area contributed by atoms with Gasteiger partial charge in [0.2, 0.25) is 5.13 Å². The molecule has 1 aromatic heterocycles. The van der Waals surface area contributed by atoms with Crippen LogP contribution in [0, 0.1) is 17.1 Å². The molecule has 4 aromatic rings. The molecule has 0 atom stereocenters. The standard InChI is InChI=1S/C24H17FN4O2S2/c25-19-11-9-17(10-12-19)14-31-21-4-2-1-3-20(21)22(30)27-23-28-29-24(33-23)32-15-18-7-5-16(13-26)6-8-18/h1-12H,14-15H2,(H,27,28,30). The molecule has 0 saturated heterocycles. The normalized spacial score (nSPS) is 10.4. The zero-order valence-electron chi connectivity index (χ0n) is 17.2. The summed E-state index contributed by atoms with van der Waals surface area (Å²) in [5.41, 5.74) is 2.83. The Morgan fingerprint density at radius 2 is 1.76 bits per heavy atom. The van der Waals surface area contributed by atoms with E-state index in [-0.39, 0.29) is 18.3 Å². The van der Waals surface area contributed by atoms with Gasteiger partial charge in [0.25, 0.3) is 5.91 Å². The maximum Gasteiger partial charge on any atom is 0.261 e. The lowest BCUT2D eigenvalue weighted by atomic mass is 10.2. The highest BCUT2D eigenvalue weighted by Crippen LogP contribution is 2.29. The van der Waals surface area contributed by atoms with E-state index < -0.39 is 0 Å². The Kier molecular flexibility index (Phi) is 7.29. The number of aromatic nitrogens is 2. The maximum absolute atomic E-state index is 13.1. The molecule has 1 N–H and O–H groups in total. The maximum atomic E-state index is 13.1. The van der Waals surface area contributed by atoms with E-state index >= 15 is 0 Å². The Balaban J connectivity index is 1.36. The van der Waals surface area contributed by atoms with Gasteiger partial charge in [-0.3, -0.25) is 10.1 Å². The summed E-state index contributed by atoms with van der Waals surface area (Å²) >= 11 is 2.78. The predicted octanol–water partition coefficient (Wildman–Crippen LogP) is 5.67. The lowest BCUT2D eigenvalue weighted by Gasteiger charge is -2.11. The monoisotopic (exact) mass is 476 g/mol. The van der Waals surface area contributed by atoms with Gasteiger partial charge in [-0.05, 0) is 47.5 Å². The number of nitrogens with zero attached hydrogens (tertiary/aromatic N) is 3. The number of anilines is 1. The molecule has 1 amide bonds. The van der Waals surface area contributed by atoms with Crippen LogP contribution in [0.25, 0.3) is 0 Å². The quantitative estimate of drug-likeness (QED) is 0.260. The number of nitrogens with one attached hydrogen (secondary N) is 1. The molecule has 0 radical (unpaired) electrons. The van der Waals surface area contributed by atoms with Gasteiger partial charge in [-0.15, -0.1) is 10.2 Å². The molecule has 0 aliphatic carbocycles. The zero-order chi connectivity index (χ0) is 23.0. The number of hydrogen-bond donors (Lipinski definition) is 1. The summed E-state index contributed by atoms with van der Waals surface area (Å²) in [4.78, 5) is 12.8. The van der Waals surface area contributed by atoms with Gasteiger partial charge in [0.1, 0.15) is 18.2 Å². The molecule has 4 rings (SSSR count). The number of benzene rings is 3. The fourth-order valence-electron chi connectivity index (χ4n) is 2.83. The number of para-hydroxylation sites is 1. The molecule has 164 valence electrons. The molecule has 0 spiro atoms. The fraction of sp³-hybridized carbons (Fsp3) is 0.0833. The molecule has 1 heterocycles. The lowest BCUT2D eigenvalue weighted by molar-refractivity contribution is 0.102. The first-order chi connectivity index (χ1) is 16.1. The number of rotatable bonds is 8. The van der Waals surface area contributed by atoms with Gasteiger partial charge >= 0.3 is 0 Å². The summed E-state index contributed by atoms with van der Waals surface area (Å²) < 4.78 is 19.6. The second kappa shape index (κ2) is 10.7. The fourth-order valence-corrected chi connectivity index (χ4v) is 4.53. The topological polar surface area (TPSA) is 87.9 Å². The van der Waals surface area contributed by atoms with Gasteiger partial charge in [-0.1, -0.05) is 59.5 Å². The molecule has 0 saturated carbocycles. The number of carbonyl (C=O) groups excluding carboxylic acids is 1. The number of ether oxygens (including phenoxy) is 1. The van der Waals surface area contributed by atoms with E-state index in [1.165, 1.54) is 35.2 Å². The Bertz CT molecular complexity index is 1290. The summed E-state index contributed by atoms with van der Waals surface area (Å²) in [5, 5.41) is 20.2. The van der Waals surface area contributed by atoms with Crippen molar-refractivity contribution in [2.75, 3.05) is 5.32 Å². The van der Waals surface area contributed by atoms with Crippen LogP contribution < -0.4 is 10.1 Å². The summed E-state index contributed by atoms with van der Waals surface area (Å²) in [6.45, 7) is 0.208. The minimum atomic E-state index is -0.357. The van der Waals surface area contributed by atoms with Crippen molar-refractivity contribution in [2.45, 2.75) is 16.7 Å². The van der Waals surface area contributed by atoms with Gasteiger partial charge in [0.05, 0.1) is 17.2 Å². The van der Waals surface area contributed by atoms with Crippen LogP contribution >= 0.6 is 23.1 Å². The molecule has 33 heavy (non-hydrogen) atoms. The Morgan fingerprint density at radius 3 is 2.52 bits per heavy atom. The largest absolute Gasteiger partial charge is 0.488 e. The second-order valence-electron chi connectivity index (χ2n) is 6.84. The van der Waals surface area contributed by atoms with E-state index in [1.54, 1.807) is 48.5 Å². The Hall–Kier alpha value is -3.74. The summed E-state index contributed by atoms with van der Waals surface area (Å²) in [6, 6.07) is 22.3. The van der Waals surface area contributed by atoms with Crippen molar-refractivity contribution in [3.8, 4) is 11.8 Å². The first-order valence-corrected chi connectivity index (χ1v) is 11.6. The van der Waals surface area contributed by atoms with Crippen LogP contribution in [0.1, 0.15) is 27.0 Å². The van der Waals surface area contributed by atoms with Crippen molar-refractivity contribution < 1.29 is 13.9 Å². The van der Waals surface area contributed by atoms with Crippen molar-refractivity contribution >= 4 is 34.1 Å². The lowest BCUT2D eigenvalue weighted by Crippen LogP contribution is -2.13. The highest BCUT2D eigenvalue weighted by Gasteiger charge is 2.15. The average Bonchev–Trinajstić information content (AvgIpc) is 3.30. The molecule has 0 unspecified atom stereocenters. The van der Waals surface area contributed by atoms with Crippen molar-refractivity contribution in [1.82, 2.24) is 10.2 Å². The first-order valence-electron chi connectivity index (χ1n) is 9.83. The smallest absolute Gasteiger partial charge is 0.261 e. The predicted molar refractivity (Wildman–Crippen MR) is 126 cm³/mol. The number of nitriles is 1. The second-order valence-corrected chi connectivity index (χ2v) is 9.04. The molecule has 0 aliphatic heterocycles. The van der Waals surface area contributed by atoms with E-state index in [0.29, 0.717) is 27.8 Å². The summed E-state index contributed by atoms with van der Waals surface area (Å²) in [7, 11) is 0. The third-order valence-electron chi connectivity index (χ3n) is 4.51. The van der Waals surface area contributed by atoms with Crippen LogP contribution in [0.5, 0.6) is 5.75 Å². The molecule has 0 aliphatic rings. The average molecular weight is 477 g/mol.